The quantitative estimate of drug-likeness (QED) is 0.645. The summed E-state index contributed by atoms with van der Waals surface area (Å²) in [4.78, 5) is 51.1. The first-order valence-corrected chi connectivity index (χ1v) is 8.65. The molecule has 2 unspecified atom stereocenters. The second kappa shape index (κ2) is 8.31. The molecule has 2 aromatic carbocycles. The third kappa shape index (κ3) is 4.08. The highest BCUT2D eigenvalue weighted by Crippen LogP contribution is 2.30. The van der Waals surface area contributed by atoms with Gasteiger partial charge in [-0.3, -0.25) is 24.5 Å². The fraction of sp³-hybridized carbons (Fsp3) is 0.273. The van der Waals surface area contributed by atoms with Crippen molar-refractivity contribution in [2.45, 2.75) is 37.7 Å². The molecule has 32 heavy (non-hydrogen) atoms. The SMILES string of the molecule is [2H]c1c([2H])c(C(F)(F)C(=O)N([2H])C([2H])c2c([2H])c([2H])c3c(c2[2H])C([2H])([2H])N(C2([2H])C(=O)N([2H])C(=O)C([2H])([2H])C2([2H])[2H])C3=O)c([2H])c([2H])c1Cl. The Morgan fingerprint density at radius 3 is 2.81 bits per heavy atom. The zero-order chi connectivity index (χ0) is 38.0. The van der Waals surface area contributed by atoms with Gasteiger partial charge in [0.2, 0.25) is 11.8 Å². The fourth-order valence-electron chi connectivity index (χ4n) is 2.42. The van der Waals surface area contributed by atoms with Gasteiger partial charge in [-0.15, -0.1) is 0 Å². The summed E-state index contributed by atoms with van der Waals surface area (Å²) in [6.07, 6.45) is -8.09. The molecule has 1 fully saturated rings. The highest BCUT2D eigenvalue weighted by Gasteiger charge is 2.41. The van der Waals surface area contributed by atoms with E-state index in [9.17, 15) is 19.2 Å². The van der Waals surface area contributed by atoms with Gasteiger partial charge in [-0.2, -0.15) is 8.78 Å². The summed E-state index contributed by atoms with van der Waals surface area (Å²) in [6, 6.07) is -14.0. The molecule has 4 amide bonds. The van der Waals surface area contributed by atoms with Crippen molar-refractivity contribution in [1.29, 1.82) is 0 Å². The van der Waals surface area contributed by atoms with Crippen LogP contribution in [0.3, 0.4) is 0 Å². The topological polar surface area (TPSA) is 95.6 Å². The highest BCUT2D eigenvalue weighted by molar-refractivity contribution is 6.30. The molecule has 4 rings (SSSR count). The van der Waals surface area contributed by atoms with E-state index in [1.165, 1.54) is 0 Å². The second-order valence-corrected chi connectivity index (χ2v) is 6.32. The molecule has 0 saturated carbocycles. The number of halogens is 3. The van der Waals surface area contributed by atoms with Gasteiger partial charge in [-0.05, 0) is 35.6 Å². The number of piperidine rings is 1. The molecule has 7 nitrogen and oxygen atoms in total. The van der Waals surface area contributed by atoms with Gasteiger partial charge >= 0.3 is 5.92 Å². The fourth-order valence-corrected chi connectivity index (χ4v) is 2.51. The predicted molar refractivity (Wildman–Crippen MR) is 110 cm³/mol. The number of benzene rings is 2. The molecule has 1 saturated heterocycles. The van der Waals surface area contributed by atoms with Crippen molar-refractivity contribution in [3.05, 3.63) is 69.6 Å². The molecule has 2 aliphatic heterocycles. The lowest BCUT2D eigenvalue weighted by Crippen LogP contribution is -2.52. The first-order valence-electron chi connectivity index (χ1n) is 16.7. The van der Waals surface area contributed by atoms with Crippen LogP contribution < -0.4 is 10.6 Å². The van der Waals surface area contributed by atoms with Gasteiger partial charge in [0.15, 0.2) is 2.82 Å². The van der Waals surface area contributed by atoms with Crippen LogP contribution in [0.2, 0.25) is 7.85 Å². The molecule has 166 valence electrons. The summed E-state index contributed by atoms with van der Waals surface area (Å²) in [5, 5.41) is -2.63. The smallest absolute Gasteiger partial charge is 0.346 e. The number of imide groups is 1. The maximum atomic E-state index is 15.4. The van der Waals surface area contributed by atoms with Crippen molar-refractivity contribution in [2.75, 3.05) is 0 Å². The van der Waals surface area contributed by atoms with Gasteiger partial charge < -0.3 is 10.2 Å². The number of alkyl halides is 2. The van der Waals surface area contributed by atoms with Gasteiger partial charge in [0.05, 0.1) is 15.1 Å². The number of fused-ring (bicyclic) bond motifs is 1. The maximum absolute atomic E-state index is 15.4. The Bertz CT molecular complexity index is 1870. The third-order valence-electron chi connectivity index (χ3n) is 3.88. The molecular formula is C22H18ClF2N3O4. The van der Waals surface area contributed by atoms with Gasteiger partial charge in [0.25, 0.3) is 11.8 Å². The van der Waals surface area contributed by atoms with Crippen LogP contribution in [-0.4, -0.2) is 34.5 Å². The molecular weight excluding hydrogens is 444 g/mol. The number of hydrogen-bond acceptors (Lipinski definition) is 4. The normalized spacial score (nSPS) is 34.3. The molecule has 0 aromatic heterocycles. The lowest BCUT2D eigenvalue weighted by molar-refractivity contribution is -0.147. The van der Waals surface area contributed by atoms with E-state index < -0.39 is 146 Å². The van der Waals surface area contributed by atoms with E-state index >= 15 is 8.78 Å². The Balaban J connectivity index is 1.90. The number of amides is 4. The zero-order valence-electron chi connectivity index (χ0n) is 32.2. The lowest BCUT2D eigenvalue weighted by Gasteiger charge is -2.29. The van der Waals surface area contributed by atoms with Crippen molar-refractivity contribution >= 4 is 35.2 Å². The monoisotopic (exact) mass is 478 g/mol. The first kappa shape index (κ1) is 9.27. The van der Waals surface area contributed by atoms with Crippen molar-refractivity contribution in [3.8, 4) is 0 Å². The van der Waals surface area contributed by atoms with Crippen molar-refractivity contribution in [1.82, 2.24) is 15.5 Å². The number of carbonyl (C=O) groups is 4. The van der Waals surface area contributed by atoms with Crippen LogP contribution in [0.5, 0.6) is 0 Å². The molecule has 2 N–H and O–H groups in total. The molecule has 0 aliphatic carbocycles. The van der Waals surface area contributed by atoms with E-state index in [4.69, 9.17) is 35.0 Å². The summed E-state index contributed by atoms with van der Waals surface area (Å²) in [5.74, 6) is -14.3. The largest absolute Gasteiger partial charge is 0.349 e. The molecule has 2 heterocycles. The van der Waals surface area contributed by atoms with E-state index in [0.717, 1.165) is 0 Å². The Morgan fingerprint density at radius 1 is 1.38 bits per heavy atom. The van der Waals surface area contributed by atoms with Crippen LogP contribution in [0.1, 0.15) is 60.4 Å². The average Bonchev–Trinajstić information content (AvgIpc) is 3.23. The zero-order valence-corrected chi connectivity index (χ0v) is 15.9. The first-order chi connectivity index (χ1) is 22.0. The molecule has 2 aromatic rings. The number of rotatable bonds is 5. The third-order valence-corrected chi connectivity index (χ3v) is 4.07. The average molecular weight is 479 g/mol. The van der Waals surface area contributed by atoms with Gasteiger partial charge in [0, 0.05) is 41.0 Å². The standard InChI is InChI=1S/C22H18ClF2N3O4/c23-15-4-2-14(3-5-15)22(24,25)21(32)26-10-12-1-6-16-13(9-12)11-28(20(16)31)17-7-8-18(29)27-19(17)30/h1-6,9,17H,7-8,10-11H2,(H,26,32)(H,27,29,30)/i1D,2D,3D,4D,5D,6D,7D2,8D2,9D,10D,11D2,17D/hD2. The van der Waals surface area contributed by atoms with Crippen LogP contribution >= 0.6 is 11.6 Å². The summed E-state index contributed by atoms with van der Waals surface area (Å²) in [5.41, 5.74) is -6.01. The summed E-state index contributed by atoms with van der Waals surface area (Å²) < 4.78 is 168. The molecule has 2 atom stereocenters. The maximum Gasteiger partial charge on any atom is 0.349 e. The predicted octanol–water partition coefficient (Wildman–Crippen LogP) is 2.51. The Kier molecular flexibility index (Phi) is 2.41. The van der Waals surface area contributed by atoms with E-state index in [0.29, 0.717) is 0 Å². The lowest BCUT2D eigenvalue weighted by atomic mass is 10.0. The van der Waals surface area contributed by atoms with Crippen molar-refractivity contribution < 1.29 is 51.3 Å². The Morgan fingerprint density at radius 2 is 2.09 bits per heavy atom. The molecule has 0 bridgehead atoms. The molecule has 0 radical (unpaired) electrons. The number of nitrogens with zero attached hydrogens (tertiary/aromatic N) is 1. The van der Waals surface area contributed by atoms with Crippen LogP contribution in [0, 0.1) is 0 Å². The van der Waals surface area contributed by atoms with Crippen molar-refractivity contribution in [3.63, 3.8) is 0 Å². The van der Waals surface area contributed by atoms with E-state index in [1.54, 1.807) is 0 Å². The molecule has 10 heteroatoms. The second-order valence-electron chi connectivity index (χ2n) is 5.94. The van der Waals surface area contributed by atoms with E-state index in [1.807, 2.05) is 0 Å². The minimum absolute atomic E-state index is 0.613. The van der Waals surface area contributed by atoms with Crippen LogP contribution in [0.4, 0.5) is 8.78 Å². The number of hydrogen-bond donors (Lipinski definition) is 2. The van der Waals surface area contributed by atoms with Crippen LogP contribution in [-0.2, 0) is 33.3 Å². The van der Waals surface area contributed by atoms with Gasteiger partial charge in [-0.1, -0.05) is 35.8 Å². The van der Waals surface area contributed by atoms with E-state index in [2.05, 4.69) is 0 Å². The van der Waals surface area contributed by atoms with Crippen LogP contribution in [0.25, 0.3) is 0 Å². The highest BCUT2D eigenvalue weighted by atomic mass is 35.5. The molecule has 2 aliphatic rings. The number of carbonyl (C=O) groups excluding carboxylic acids is 4. The van der Waals surface area contributed by atoms with Crippen molar-refractivity contribution in [2.24, 2.45) is 0 Å². The summed E-state index contributed by atoms with van der Waals surface area (Å²) in [6.45, 7) is -6.83. The minimum atomic E-state index is -5.12. The Labute approximate surface area is 210 Å². The summed E-state index contributed by atoms with van der Waals surface area (Å²) in [7, 11) is 0. The summed E-state index contributed by atoms with van der Waals surface area (Å²) >= 11 is 5.60. The van der Waals surface area contributed by atoms with Crippen LogP contribution in [0.15, 0.2) is 42.3 Å². The Hall–Kier alpha value is -3.33. The van der Waals surface area contributed by atoms with Gasteiger partial charge in [0.1, 0.15) is 6.02 Å². The number of nitrogens with one attached hydrogen (secondary N) is 2. The van der Waals surface area contributed by atoms with Gasteiger partial charge in [-0.25, -0.2) is 0 Å². The molecule has 0 spiro atoms. The van der Waals surface area contributed by atoms with E-state index in [-0.39, 0.29) is 0 Å². The minimum Gasteiger partial charge on any atom is -0.346 e.